The lowest BCUT2D eigenvalue weighted by Crippen LogP contribution is -2.32. The molecule has 0 amide bonds. The first-order chi connectivity index (χ1) is 35.4. The van der Waals surface area contributed by atoms with Gasteiger partial charge in [-0.2, -0.15) is 9.15 Å². The number of anilines is 2. The summed E-state index contributed by atoms with van der Waals surface area (Å²) >= 11 is 7.57. The SMILES string of the molecule is CN1/C(=C/C=C/C2=[N+](Cc3ccc(C[N+]4=C(/C=C/C=C5/N(C)c6ccc([N+](=O)[O-])cc6C56CCCCC6)C(C)(C)c5cc(Br)ccc54)cc3)c3ccc(Br)cc3C2(C)C)C2(CCCCC2)c2cc([N+](=O)[O-])ccc21. The summed E-state index contributed by atoms with van der Waals surface area (Å²) in [7, 11) is 4.22. The number of halogens is 2. The van der Waals surface area contributed by atoms with Gasteiger partial charge in [0, 0.05) is 127 Å². The number of fused-ring (bicyclic) bond motifs is 6. The minimum absolute atomic E-state index is 0.157. The largest absolute Gasteiger partial charge is 0.347 e. The molecule has 4 aliphatic heterocycles. The molecule has 2 spiro atoms. The van der Waals surface area contributed by atoms with Crippen molar-refractivity contribution in [2.75, 3.05) is 23.9 Å². The van der Waals surface area contributed by atoms with Crippen molar-refractivity contribution in [2.24, 2.45) is 0 Å². The van der Waals surface area contributed by atoms with E-state index in [0.717, 1.165) is 82.8 Å². The van der Waals surface area contributed by atoms with E-state index < -0.39 is 0 Å². The summed E-state index contributed by atoms with van der Waals surface area (Å²) in [6, 6.07) is 33.2. The van der Waals surface area contributed by atoms with Gasteiger partial charge in [-0.05, 0) is 113 Å². The molecule has 10 nitrogen and oxygen atoms in total. The lowest BCUT2D eigenvalue weighted by atomic mass is 9.68. The molecule has 11 rings (SSSR count). The van der Waals surface area contributed by atoms with Crippen LogP contribution in [0.2, 0.25) is 0 Å². The molecule has 5 aromatic rings. The van der Waals surface area contributed by atoms with Gasteiger partial charge in [0.25, 0.3) is 11.4 Å². The van der Waals surface area contributed by atoms with Gasteiger partial charge in [-0.15, -0.1) is 0 Å². The Balaban J connectivity index is 0.917. The molecule has 12 heteroatoms. The third-order valence-corrected chi connectivity index (χ3v) is 18.7. The number of non-ortho nitro benzene ring substituents is 2. The van der Waals surface area contributed by atoms with Crippen LogP contribution in [-0.2, 0) is 34.7 Å². The van der Waals surface area contributed by atoms with Crippen molar-refractivity contribution in [2.45, 2.75) is 127 Å². The van der Waals surface area contributed by atoms with E-state index in [-0.39, 0.29) is 42.9 Å². The molecule has 2 saturated carbocycles. The Bertz CT molecular complexity index is 3140. The lowest BCUT2D eigenvalue weighted by Gasteiger charge is -2.36. The van der Waals surface area contributed by atoms with Crippen LogP contribution in [0.25, 0.3) is 0 Å². The van der Waals surface area contributed by atoms with Gasteiger partial charge < -0.3 is 9.80 Å². The van der Waals surface area contributed by atoms with Crippen LogP contribution in [0, 0.1) is 20.2 Å². The third kappa shape index (κ3) is 8.17. The Hall–Kier alpha value is -6.24. The first-order valence-corrected chi connectivity index (χ1v) is 27.8. The van der Waals surface area contributed by atoms with Crippen molar-refractivity contribution in [3.63, 3.8) is 0 Å². The van der Waals surface area contributed by atoms with Gasteiger partial charge in [0.1, 0.15) is 0 Å². The number of allylic oxidation sites excluding steroid dienone is 8. The van der Waals surface area contributed by atoms with Crippen molar-refractivity contribution in [3.8, 4) is 0 Å². The Kier molecular flexibility index (Phi) is 12.7. The second kappa shape index (κ2) is 18.8. The highest BCUT2D eigenvalue weighted by Gasteiger charge is 2.50. The summed E-state index contributed by atoms with van der Waals surface area (Å²) in [5.74, 6) is 0. The molecule has 6 aliphatic rings. The fourth-order valence-electron chi connectivity index (χ4n) is 13.9. The number of likely N-dealkylation sites (N-methyl/N-ethyl adjacent to an activating group) is 2. The van der Waals surface area contributed by atoms with E-state index in [9.17, 15) is 20.2 Å². The molecule has 0 bridgehead atoms. The van der Waals surface area contributed by atoms with Crippen LogP contribution < -0.4 is 9.80 Å². The molecule has 378 valence electrons. The summed E-state index contributed by atoms with van der Waals surface area (Å²) in [4.78, 5) is 27.9. The van der Waals surface area contributed by atoms with Crippen molar-refractivity contribution >= 4 is 77.4 Å². The standard InChI is InChI=1S/C62H64Br2N6O4/c1-59(2)47-35-43(63)23-27-53(47)67(55(59)15-13-17-57-61(31-9-7-10-32-61)49-37-45(69(71)72)25-29-51(49)65(57)5)39-41-19-21-42(22-20-41)40-68-54-28-24-44(64)36-48(54)60(3,4)56(68)16-14-18-58-62(33-11-8-12-34-62)50-38-46(70(73)74)26-30-52(50)66(58)6/h13-30,35-38H,7-12,31-34,39-40H2,1-6H3/q+2. The van der Waals surface area contributed by atoms with Crippen LogP contribution in [0.5, 0.6) is 0 Å². The van der Waals surface area contributed by atoms with Crippen LogP contribution in [0.15, 0.2) is 154 Å². The monoisotopic (exact) mass is 1110 g/mol. The second-order valence-electron chi connectivity index (χ2n) is 22.5. The zero-order chi connectivity index (χ0) is 51.9. The average Bonchev–Trinajstić information content (AvgIpc) is 3.91. The zero-order valence-electron chi connectivity index (χ0n) is 43.3. The number of nitro benzene ring substituents is 2. The third-order valence-electron chi connectivity index (χ3n) is 17.7. The van der Waals surface area contributed by atoms with Crippen molar-refractivity contribution in [1.82, 2.24) is 0 Å². The number of nitrogens with zero attached hydrogens (tertiary/aromatic N) is 6. The summed E-state index contributed by atoms with van der Waals surface area (Å²) in [5, 5.41) is 23.9. The highest BCUT2D eigenvalue weighted by atomic mass is 79.9. The minimum Gasteiger partial charge on any atom is -0.347 e. The smallest absolute Gasteiger partial charge is 0.269 e. The molecule has 0 saturated heterocycles. The Morgan fingerprint density at radius 3 is 1.27 bits per heavy atom. The summed E-state index contributed by atoms with van der Waals surface area (Å²) < 4.78 is 7.05. The minimum atomic E-state index is -0.280. The number of nitro groups is 2. The lowest BCUT2D eigenvalue weighted by molar-refractivity contribution is -0.455. The predicted molar refractivity (Wildman–Crippen MR) is 305 cm³/mol. The van der Waals surface area contributed by atoms with Gasteiger partial charge in [-0.25, -0.2) is 0 Å². The first kappa shape index (κ1) is 49.9. The van der Waals surface area contributed by atoms with Crippen LogP contribution in [-0.4, -0.2) is 44.5 Å². The summed E-state index contributed by atoms with van der Waals surface area (Å²) in [5.41, 5.74) is 15.8. The number of hydrogen-bond donors (Lipinski definition) is 0. The van der Waals surface area contributed by atoms with Gasteiger partial charge in [0.2, 0.25) is 11.4 Å². The highest BCUT2D eigenvalue weighted by Crippen LogP contribution is 2.57. The maximum atomic E-state index is 12.0. The van der Waals surface area contributed by atoms with Crippen molar-refractivity contribution in [3.05, 3.63) is 207 Å². The van der Waals surface area contributed by atoms with E-state index in [4.69, 9.17) is 0 Å². The zero-order valence-corrected chi connectivity index (χ0v) is 46.4. The van der Waals surface area contributed by atoms with E-state index in [0.29, 0.717) is 13.1 Å². The average molecular weight is 1120 g/mol. The predicted octanol–water partition coefficient (Wildman–Crippen LogP) is 15.8. The highest BCUT2D eigenvalue weighted by molar-refractivity contribution is 9.10. The summed E-state index contributed by atoms with van der Waals surface area (Å²) in [6.45, 7) is 10.6. The fraction of sp³-hybridized carbons (Fsp3) is 0.355. The van der Waals surface area contributed by atoms with Crippen LogP contribution in [0.1, 0.15) is 125 Å². The van der Waals surface area contributed by atoms with E-state index >= 15 is 0 Å². The molecule has 0 aromatic heterocycles. The van der Waals surface area contributed by atoms with Gasteiger partial charge in [0.15, 0.2) is 24.5 Å². The molecule has 2 aliphatic carbocycles. The van der Waals surface area contributed by atoms with E-state index in [1.54, 1.807) is 12.1 Å². The second-order valence-corrected chi connectivity index (χ2v) is 24.3. The van der Waals surface area contributed by atoms with E-state index in [1.165, 1.54) is 69.3 Å². The normalized spacial score (nSPS) is 21.0. The molecule has 0 N–H and O–H groups in total. The van der Waals surface area contributed by atoms with Crippen LogP contribution >= 0.6 is 31.9 Å². The Morgan fingerprint density at radius 1 is 0.527 bits per heavy atom. The maximum Gasteiger partial charge on any atom is 0.269 e. The van der Waals surface area contributed by atoms with Gasteiger partial charge >= 0.3 is 0 Å². The van der Waals surface area contributed by atoms with Crippen LogP contribution in [0.4, 0.5) is 34.1 Å². The molecular formula is C62H64Br2N6O4+2. The van der Waals surface area contributed by atoms with Crippen molar-refractivity contribution in [1.29, 1.82) is 0 Å². The maximum absolute atomic E-state index is 12.0. The molecule has 0 atom stereocenters. The quantitative estimate of drug-likeness (QED) is 0.0785. The number of rotatable bonds is 10. The molecule has 0 radical (unpaired) electrons. The topological polar surface area (TPSA) is 98.8 Å². The molecule has 4 heterocycles. The van der Waals surface area contributed by atoms with E-state index in [1.807, 2.05) is 24.3 Å². The van der Waals surface area contributed by atoms with Gasteiger partial charge in [0.05, 0.1) is 20.7 Å². The van der Waals surface area contributed by atoms with Crippen molar-refractivity contribution < 1.29 is 19.0 Å². The molecular weight excluding hydrogens is 1050 g/mol. The summed E-state index contributed by atoms with van der Waals surface area (Å²) in [6.07, 6.45) is 24.2. The Labute approximate surface area is 451 Å². The molecule has 74 heavy (non-hydrogen) atoms. The van der Waals surface area contributed by atoms with E-state index in [2.05, 4.69) is 190 Å². The number of benzene rings is 5. The first-order valence-electron chi connectivity index (χ1n) is 26.3. The Morgan fingerprint density at radius 2 is 0.905 bits per heavy atom. The van der Waals surface area contributed by atoms with Gasteiger partial charge in [-0.3, -0.25) is 20.2 Å². The molecule has 0 unspecified atom stereocenters. The van der Waals surface area contributed by atoms with Crippen LogP contribution in [0.3, 0.4) is 0 Å². The molecule has 2 fully saturated rings. The van der Waals surface area contributed by atoms with Gasteiger partial charge in [-0.1, -0.05) is 107 Å². The fourth-order valence-corrected chi connectivity index (χ4v) is 14.6. The number of hydrogen-bond acceptors (Lipinski definition) is 6. The molecule has 5 aromatic carbocycles.